The molecule has 0 bridgehead atoms. The van der Waals surface area contributed by atoms with Crippen LogP contribution in [0, 0.1) is 6.92 Å². The number of hydrogen-bond donors (Lipinski definition) is 3. The lowest BCUT2D eigenvalue weighted by Crippen LogP contribution is -2.45. The Labute approximate surface area is 86.1 Å². The summed E-state index contributed by atoms with van der Waals surface area (Å²) in [4.78, 5) is 21.5. The first-order valence-electron chi connectivity index (χ1n) is 4.32. The van der Waals surface area contributed by atoms with Crippen molar-refractivity contribution in [1.29, 1.82) is 0 Å². The molecule has 0 aliphatic heterocycles. The Hall–Kier alpha value is -1.82. The van der Waals surface area contributed by atoms with Crippen LogP contribution in [0.25, 0.3) is 0 Å². The van der Waals surface area contributed by atoms with E-state index in [0.717, 1.165) is 5.76 Å². The van der Waals surface area contributed by atoms with Crippen molar-refractivity contribution in [3.8, 4) is 0 Å². The Morgan fingerprint density at radius 2 is 2.27 bits per heavy atom. The fourth-order valence-corrected chi connectivity index (χ4v) is 0.976. The molecule has 0 saturated carbocycles. The topological polar surface area (TPSA) is 106 Å². The third kappa shape index (κ3) is 3.10. The number of amides is 1. The minimum absolute atomic E-state index is 0.133. The van der Waals surface area contributed by atoms with E-state index in [2.05, 4.69) is 5.32 Å². The zero-order valence-electron chi connectivity index (χ0n) is 8.19. The fraction of sp³-hybridized carbons (Fsp3) is 0.333. The minimum Gasteiger partial charge on any atom is -0.480 e. The largest absolute Gasteiger partial charge is 0.480 e. The number of nitrogens with one attached hydrogen (secondary N) is 1. The molecule has 0 aliphatic carbocycles. The summed E-state index contributed by atoms with van der Waals surface area (Å²) in [6.07, 6.45) is 0. The highest BCUT2D eigenvalue weighted by Crippen LogP contribution is 2.05. The Kier molecular flexibility index (Phi) is 3.46. The first-order valence-corrected chi connectivity index (χ1v) is 4.32. The van der Waals surface area contributed by atoms with Crippen LogP contribution in [-0.2, 0) is 16.1 Å². The van der Waals surface area contributed by atoms with Crippen molar-refractivity contribution in [2.75, 3.05) is 0 Å². The highest BCUT2D eigenvalue weighted by molar-refractivity contribution is 6.00. The number of furan rings is 1. The van der Waals surface area contributed by atoms with E-state index >= 15 is 0 Å². The van der Waals surface area contributed by atoms with Crippen LogP contribution in [0.2, 0.25) is 0 Å². The maximum Gasteiger partial charge on any atom is 0.330 e. The van der Waals surface area contributed by atoms with Crippen LogP contribution in [0.5, 0.6) is 0 Å². The van der Waals surface area contributed by atoms with Crippen LogP contribution in [0.4, 0.5) is 0 Å². The summed E-state index contributed by atoms with van der Waals surface area (Å²) in [6.45, 7) is 1.90. The lowest BCUT2D eigenvalue weighted by atomic mass is 10.3. The van der Waals surface area contributed by atoms with Crippen LogP contribution >= 0.6 is 0 Å². The van der Waals surface area contributed by atoms with Gasteiger partial charge in [0.15, 0.2) is 6.04 Å². The standard InChI is InChI=1S/C9H12N2O4/c1-5-2-3-6(15-5)4-11-8(12)7(10)9(13)14/h2-3,7H,4,10H2,1H3,(H,11,12)(H,13,14). The summed E-state index contributed by atoms with van der Waals surface area (Å²) < 4.78 is 5.17. The van der Waals surface area contributed by atoms with Gasteiger partial charge in [-0.25, -0.2) is 4.79 Å². The van der Waals surface area contributed by atoms with E-state index in [4.69, 9.17) is 15.3 Å². The Morgan fingerprint density at radius 3 is 2.73 bits per heavy atom. The van der Waals surface area contributed by atoms with E-state index in [0.29, 0.717) is 5.76 Å². The third-order valence-corrected chi connectivity index (χ3v) is 1.78. The average Bonchev–Trinajstić information content (AvgIpc) is 2.59. The summed E-state index contributed by atoms with van der Waals surface area (Å²) in [7, 11) is 0. The molecule has 1 aromatic rings. The van der Waals surface area contributed by atoms with E-state index < -0.39 is 17.9 Å². The molecular formula is C9H12N2O4. The van der Waals surface area contributed by atoms with Gasteiger partial charge in [0.2, 0.25) is 5.91 Å². The van der Waals surface area contributed by atoms with E-state index in [1.54, 1.807) is 19.1 Å². The quantitative estimate of drug-likeness (QED) is 0.590. The van der Waals surface area contributed by atoms with Gasteiger partial charge in [0, 0.05) is 0 Å². The molecule has 1 heterocycles. The van der Waals surface area contributed by atoms with Crippen molar-refractivity contribution in [2.45, 2.75) is 19.5 Å². The van der Waals surface area contributed by atoms with E-state index in [9.17, 15) is 9.59 Å². The van der Waals surface area contributed by atoms with Crippen molar-refractivity contribution in [3.63, 3.8) is 0 Å². The van der Waals surface area contributed by atoms with Gasteiger partial charge >= 0.3 is 5.97 Å². The van der Waals surface area contributed by atoms with Crippen LogP contribution in [-0.4, -0.2) is 23.0 Å². The second-order valence-corrected chi connectivity index (χ2v) is 3.05. The van der Waals surface area contributed by atoms with Crippen molar-refractivity contribution < 1.29 is 19.1 Å². The Balaban J connectivity index is 2.44. The molecule has 0 aromatic carbocycles. The zero-order chi connectivity index (χ0) is 11.4. The molecule has 15 heavy (non-hydrogen) atoms. The molecule has 0 saturated heterocycles. The first kappa shape index (κ1) is 11.3. The number of carboxylic acids is 1. The number of aryl methyl sites for hydroxylation is 1. The van der Waals surface area contributed by atoms with Crippen molar-refractivity contribution in [1.82, 2.24) is 5.32 Å². The van der Waals surface area contributed by atoms with Crippen LogP contribution < -0.4 is 11.1 Å². The van der Waals surface area contributed by atoms with Gasteiger partial charge in [0.25, 0.3) is 0 Å². The van der Waals surface area contributed by atoms with Crippen molar-refractivity contribution in [2.24, 2.45) is 5.73 Å². The number of carboxylic acid groups (broad SMARTS) is 1. The molecule has 1 atom stereocenters. The fourth-order valence-electron chi connectivity index (χ4n) is 0.976. The van der Waals surface area contributed by atoms with Crippen molar-refractivity contribution in [3.05, 3.63) is 23.7 Å². The average molecular weight is 212 g/mol. The van der Waals surface area contributed by atoms with E-state index in [1.807, 2.05) is 0 Å². The van der Waals surface area contributed by atoms with Gasteiger partial charge in [0.1, 0.15) is 11.5 Å². The molecule has 0 aliphatic rings. The zero-order valence-corrected chi connectivity index (χ0v) is 8.19. The number of hydrogen-bond acceptors (Lipinski definition) is 4. The van der Waals surface area contributed by atoms with Gasteiger partial charge < -0.3 is 20.6 Å². The lowest BCUT2D eigenvalue weighted by Gasteiger charge is -2.06. The number of aliphatic carboxylic acids is 1. The summed E-state index contributed by atoms with van der Waals surface area (Å²) in [5.41, 5.74) is 5.09. The second-order valence-electron chi connectivity index (χ2n) is 3.05. The molecule has 0 radical (unpaired) electrons. The molecule has 6 heteroatoms. The monoisotopic (exact) mass is 212 g/mol. The Morgan fingerprint density at radius 1 is 1.60 bits per heavy atom. The van der Waals surface area contributed by atoms with Gasteiger partial charge in [-0.2, -0.15) is 0 Å². The summed E-state index contributed by atoms with van der Waals surface area (Å²) in [5, 5.41) is 10.8. The smallest absolute Gasteiger partial charge is 0.330 e. The SMILES string of the molecule is Cc1ccc(CNC(=O)C(N)C(=O)O)o1. The molecule has 6 nitrogen and oxygen atoms in total. The van der Waals surface area contributed by atoms with Crippen LogP contribution in [0.15, 0.2) is 16.5 Å². The minimum atomic E-state index is -1.54. The molecule has 1 amide bonds. The summed E-state index contributed by atoms with van der Waals surface area (Å²) in [6, 6.07) is 1.90. The molecular weight excluding hydrogens is 200 g/mol. The molecule has 0 spiro atoms. The molecule has 4 N–H and O–H groups in total. The number of carbonyl (C=O) groups excluding carboxylic acids is 1. The Bertz CT molecular complexity index is 372. The maximum atomic E-state index is 11.1. The third-order valence-electron chi connectivity index (χ3n) is 1.78. The normalized spacial score (nSPS) is 12.1. The molecule has 1 rings (SSSR count). The van der Waals surface area contributed by atoms with E-state index in [1.165, 1.54) is 0 Å². The summed E-state index contributed by atoms with van der Waals surface area (Å²) in [5.74, 6) is -0.820. The molecule has 0 fully saturated rings. The van der Waals surface area contributed by atoms with Gasteiger partial charge in [-0.15, -0.1) is 0 Å². The number of rotatable bonds is 4. The number of nitrogens with two attached hydrogens (primary N) is 1. The molecule has 1 unspecified atom stereocenters. The maximum absolute atomic E-state index is 11.1. The van der Waals surface area contributed by atoms with Crippen LogP contribution in [0.1, 0.15) is 11.5 Å². The van der Waals surface area contributed by atoms with Crippen LogP contribution in [0.3, 0.4) is 0 Å². The van der Waals surface area contributed by atoms with Gasteiger partial charge in [-0.05, 0) is 19.1 Å². The predicted molar refractivity (Wildman–Crippen MR) is 50.9 cm³/mol. The predicted octanol–water partition coefficient (Wildman–Crippen LogP) is -0.384. The second kappa shape index (κ2) is 4.61. The molecule has 82 valence electrons. The first-order chi connectivity index (χ1) is 7.00. The summed E-state index contributed by atoms with van der Waals surface area (Å²) >= 11 is 0. The number of carbonyl (C=O) groups is 2. The van der Waals surface area contributed by atoms with E-state index in [-0.39, 0.29) is 6.54 Å². The van der Waals surface area contributed by atoms with Crippen molar-refractivity contribution >= 4 is 11.9 Å². The van der Waals surface area contributed by atoms with Gasteiger partial charge in [0.05, 0.1) is 6.54 Å². The molecule has 1 aromatic heterocycles. The highest BCUT2D eigenvalue weighted by Gasteiger charge is 2.20. The van der Waals surface area contributed by atoms with Gasteiger partial charge in [-0.1, -0.05) is 0 Å². The highest BCUT2D eigenvalue weighted by atomic mass is 16.4. The van der Waals surface area contributed by atoms with Gasteiger partial charge in [-0.3, -0.25) is 4.79 Å². The lowest BCUT2D eigenvalue weighted by molar-refractivity contribution is -0.142.